The largest absolute Gasteiger partial charge is 0.463 e. The van der Waals surface area contributed by atoms with Crippen LogP contribution in [-0.2, 0) is 28.5 Å². The first-order chi connectivity index (χ1) is 20.6. The summed E-state index contributed by atoms with van der Waals surface area (Å²) in [6.07, 6.45) is 16.1. The molecule has 2 aliphatic heterocycles. The molecule has 242 valence electrons. The van der Waals surface area contributed by atoms with Crippen molar-refractivity contribution in [2.75, 3.05) is 26.3 Å². The fraction of sp³-hybridized carbons (Fsp3) is 0.944. The quantitative estimate of drug-likeness (QED) is 0.330. The third-order valence-electron chi connectivity index (χ3n) is 14.9. The Labute approximate surface area is 259 Å². The fourth-order valence-electron chi connectivity index (χ4n) is 12.7. The van der Waals surface area contributed by atoms with Crippen LogP contribution in [0.5, 0.6) is 0 Å². The van der Waals surface area contributed by atoms with E-state index in [0.717, 1.165) is 24.7 Å². The van der Waals surface area contributed by atoms with E-state index in [0.29, 0.717) is 78.7 Å². The SMILES string of the molecule is CC(=O)OCC1CCC2C(CC3C4CCC5C(C)(C)[C@@H](OC6CN(C(=O)CC7CC7)CCO6)CCC56CC46CCC23C)O1.[HH]. The highest BCUT2D eigenvalue weighted by molar-refractivity contribution is 5.76. The Balaban J connectivity index is 0.00000312. The lowest BCUT2D eigenvalue weighted by atomic mass is 9.46. The van der Waals surface area contributed by atoms with Crippen LogP contribution in [0.3, 0.4) is 0 Å². The average Bonchev–Trinajstić information content (AvgIpc) is 3.89. The van der Waals surface area contributed by atoms with Crippen LogP contribution < -0.4 is 0 Å². The van der Waals surface area contributed by atoms with Gasteiger partial charge in [-0.3, -0.25) is 9.59 Å². The molecule has 11 atom stereocenters. The summed E-state index contributed by atoms with van der Waals surface area (Å²) in [5.74, 6) is 3.64. The molecule has 43 heavy (non-hydrogen) atoms. The van der Waals surface area contributed by atoms with Crippen LogP contribution in [0.2, 0.25) is 0 Å². The Morgan fingerprint density at radius 1 is 0.930 bits per heavy atom. The highest BCUT2D eigenvalue weighted by Crippen LogP contribution is 2.87. The molecule has 8 fully saturated rings. The Bertz CT molecular complexity index is 1140. The maximum atomic E-state index is 12.8. The predicted molar refractivity (Wildman–Crippen MR) is 163 cm³/mol. The molecule has 7 heteroatoms. The molecule has 2 spiro atoms. The van der Waals surface area contributed by atoms with Gasteiger partial charge in [-0.05, 0) is 128 Å². The first-order valence-electron chi connectivity index (χ1n) is 17.9. The number of fused-ring (bicyclic) bond motifs is 4. The standard InChI is InChI=1S/C36H55NO6.H2/c1-22(38)41-20-24-7-8-26-28(42-24)18-27-25-9-10-29-33(2,3)30(11-12-36(29)21-35(25,36)14-13-34(26,27)4)43-32-19-37(15-16-40-32)31(39)17-23-5-6-23;/h23-30,32H,5-21H2,1-4H3;1H/t24?,25?,26?,27?,28?,29?,30-,32?,34?,35?,36?;/m0./s1. The fourth-order valence-corrected chi connectivity index (χ4v) is 12.7. The van der Waals surface area contributed by atoms with Gasteiger partial charge >= 0.3 is 5.97 Å². The van der Waals surface area contributed by atoms with Gasteiger partial charge in [0, 0.05) is 21.3 Å². The average molecular weight is 600 g/mol. The van der Waals surface area contributed by atoms with Crippen molar-refractivity contribution in [3.63, 3.8) is 0 Å². The molecular formula is C36H57NO6. The van der Waals surface area contributed by atoms with Crippen LogP contribution in [0, 0.1) is 51.2 Å². The number of carbonyl (C=O) groups excluding carboxylic acids is 2. The molecule has 8 aliphatic rings. The van der Waals surface area contributed by atoms with Gasteiger partial charge < -0.3 is 23.8 Å². The summed E-state index contributed by atoms with van der Waals surface area (Å²) < 4.78 is 25.0. The molecule has 6 aliphatic carbocycles. The zero-order valence-corrected chi connectivity index (χ0v) is 27.1. The van der Waals surface area contributed by atoms with Gasteiger partial charge in [-0.25, -0.2) is 0 Å². The van der Waals surface area contributed by atoms with E-state index in [9.17, 15) is 9.59 Å². The van der Waals surface area contributed by atoms with E-state index in [1.54, 1.807) is 0 Å². The van der Waals surface area contributed by atoms with E-state index in [4.69, 9.17) is 18.9 Å². The number of amides is 1. The van der Waals surface area contributed by atoms with Gasteiger partial charge in [-0.1, -0.05) is 20.8 Å². The van der Waals surface area contributed by atoms with E-state index in [1.165, 1.54) is 71.1 Å². The van der Waals surface area contributed by atoms with Crippen LogP contribution in [0.15, 0.2) is 0 Å². The molecule has 7 nitrogen and oxygen atoms in total. The van der Waals surface area contributed by atoms with Crippen molar-refractivity contribution in [1.29, 1.82) is 0 Å². The minimum atomic E-state index is -0.290. The minimum Gasteiger partial charge on any atom is -0.463 e. The summed E-state index contributed by atoms with van der Waals surface area (Å²) in [6.45, 7) is 11.4. The Morgan fingerprint density at radius 3 is 2.53 bits per heavy atom. The van der Waals surface area contributed by atoms with Crippen molar-refractivity contribution in [3.05, 3.63) is 0 Å². The predicted octanol–water partition coefficient (Wildman–Crippen LogP) is 6.37. The molecule has 1 amide bonds. The van der Waals surface area contributed by atoms with Crippen LogP contribution in [0.25, 0.3) is 0 Å². The molecule has 10 unspecified atom stereocenters. The highest BCUT2D eigenvalue weighted by Gasteiger charge is 2.80. The van der Waals surface area contributed by atoms with Crippen LogP contribution in [0.1, 0.15) is 113 Å². The Morgan fingerprint density at radius 2 is 1.74 bits per heavy atom. The zero-order valence-electron chi connectivity index (χ0n) is 27.1. The Hall–Kier alpha value is -1.18. The summed E-state index contributed by atoms with van der Waals surface area (Å²) in [5.41, 5.74) is 1.49. The van der Waals surface area contributed by atoms with E-state index in [-0.39, 0.29) is 31.3 Å². The first-order valence-corrected chi connectivity index (χ1v) is 17.9. The molecule has 6 saturated carbocycles. The molecule has 2 saturated heterocycles. The van der Waals surface area contributed by atoms with Crippen molar-refractivity contribution in [1.82, 2.24) is 4.90 Å². The summed E-state index contributed by atoms with van der Waals surface area (Å²) in [7, 11) is 0. The van der Waals surface area contributed by atoms with Crippen molar-refractivity contribution in [2.45, 2.75) is 136 Å². The van der Waals surface area contributed by atoms with Crippen LogP contribution >= 0.6 is 0 Å². The van der Waals surface area contributed by atoms with Crippen molar-refractivity contribution in [3.8, 4) is 0 Å². The monoisotopic (exact) mass is 599 g/mol. The molecule has 0 aromatic rings. The summed E-state index contributed by atoms with van der Waals surface area (Å²) in [4.78, 5) is 26.2. The molecule has 0 N–H and O–H groups in total. The van der Waals surface area contributed by atoms with Gasteiger partial charge in [-0.15, -0.1) is 0 Å². The van der Waals surface area contributed by atoms with Gasteiger partial charge in [-0.2, -0.15) is 0 Å². The van der Waals surface area contributed by atoms with E-state index in [2.05, 4.69) is 20.8 Å². The third kappa shape index (κ3) is 4.51. The molecule has 8 rings (SSSR count). The van der Waals surface area contributed by atoms with Crippen molar-refractivity contribution in [2.24, 2.45) is 51.2 Å². The smallest absolute Gasteiger partial charge is 0.302 e. The summed E-state index contributed by atoms with van der Waals surface area (Å²) in [6, 6.07) is 0. The zero-order chi connectivity index (χ0) is 29.8. The second-order valence-corrected chi connectivity index (χ2v) is 17.1. The number of ether oxygens (including phenoxy) is 4. The lowest BCUT2D eigenvalue weighted by Gasteiger charge is -2.60. The number of morpholine rings is 1. The molecule has 0 aromatic heterocycles. The Kier molecular flexibility index (Phi) is 6.91. The second-order valence-electron chi connectivity index (χ2n) is 17.1. The number of hydrogen-bond acceptors (Lipinski definition) is 6. The van der Waals surface area contributed by atoms with E-state index >= 15 is 0 Å². The van der Waals surface area contributed by atoms with Crippen molar-refractivity contribution >= 4 is 11.9 Å². The molecule has 0 radical (unpaired) electrons. The van der Waals surface area contributed by atoms with Crippen LogP contribution in [0.4, 0.5) is 0 Å². The second kappa shape index (κ2) is 10.2. The van der Waals surface area contributed by atoms with Crippen LogP contribution in [-0.4, -0.2) is 67.7 Å². The number of hydrogen-bond donors (Lipinski definition) is 0. The van der Waals surface area contributed by atoms with Gasteiger partial charge in [0.05, 0.1) is 31.5 Å². The van der Waals surface area contributed by atoms with Gasteiger partial charge in [0.2, 0.25) is 5.91 Å². The normalized spacial score (nSPS) is 49.5. The highest BCUT2D eigenvalue weighted by atomic mass is 16.7. The summed E-state index contributed by atoms with van der Waals surface area (Å²) >= 11 is 0. The lowest BCUT2D eigenvalue weighted by Crippen LogP contribution is -2.56. The van der Waals surface area contributed by atoms with Gasteiger partial charge in [0.15, 0.2) is 6.29 Å². The number of nitrogens with zero attached hydrogens (tertiary/aromatic N) is 1. The maximum absolute atomic E-state index is 12.8. The van der Waals surface area contributed by atoms with Gasteiger partial charge in [0.25, 0.3) is 0 Å². The lowest BCUT2D eigenvalue weighted by molar-refractivity contribution is -0.244. The number of esters is 1. The third-order valence-corrected chi connectivity index (χ3v) is 14.9. The summed E-state index contributed by atoms with van der Waals surface area (Å²) in [5, 5.41) is 0. The van der Waals surface area contributed by atoms with E-state index < -0.39 is 0 Å². The molecular weight excluding hydrogens is 542 g/mol. The van der Waals surface area contributed by atoms with E-state index in [1.807, 2.05) is 4.90 Å². The molecule has 0 aromatic carbocycles. The van der Waals surface area contributed by atoms with Crippen molar-refractivity contribution < 1.29 is 30.0 Å². The topological polar surface area (TPSA) is 74.3 Å². The first kappa shape index (κ1) is 29.2. The number of rotatable bonds is 6. The molecule has 0 bridgehead atoms. The van der Waals surface area contributed by atoms with Gasteiger partial charge in [0.1, 0.15) is 6.61 Å². The number of carbonyl (C=O) groups is 2. The molecule has 2 heterocycles. The maximum Gasteiger partial charge on any atom is 0.302 e. The minimum absolute atomic E-state index is 0.